The number of fused-ring (bicyclic) bond motifs is 1. The van der Waals surface area contributed by atoms with E-state index in [1.807, 2.05) is 24.3 Å². The molecule has 0 saturated carbocycles. The van der Waals surface area contributed by atoms with Crippen molar-refractivity contribution in [1.82, 2.24) is 0 Å². The maximum absolute atomic E-state index is 13.3. The molecule has 0 spiro atoms. The predicted octanol–water partition coefficient (Wildman–Crippen LogP) is 4.27. The fraction of sp³-hybridized carbons (Fsp3) is 0.235. The summed E-state index contributed by atoms with van der Waals surface area (Å²) in [7, 11) is 0. The minimum Gasteiger partial charge on any atom is -0.493 e. The molecule has 21 heavy (non-hydrogen) atoms. The number of benzene rings is 2. The summed E-state index contributed by atoms with van der Waals surface area (Å²) < 4.78 is 18.9. The van der Waals surface area contributed by atoms with Crippen LogP contribution in [0.15, 0.2) is 42.5 Å². The summed E-state index contributed by atoms with van der Waals surface area (Å²) >= 11 is 5.84. The highest BCUT2D eigenvalue weighted by atomic mass is 35.5. The van der Waals surface area contributed by atoms with Gasteiger partial charge in [0.25, 0.3) is 0 Å². The minimum atomic E-state index is -0.657. The second-order valence-electron chi connectivity index (χ2n) is 5.21. The normalized spacial score (nSPS) is 20.2. The van der Waals surface area contributed by atoms with E-state index in [-0.39, 0.29) is 5.02 Å². The summed E-state index contributed by atoms with van der Waals surface area (Å²) in [5.74, 6) is 0.303. The van der Waals surface area contributed by atoms with Crippen molar-refractivity contribution in [3.63, 3.8) is 0 Å². The van der Waals surface area contributed by atoms with Gasteiger partial charge in [-0.2, -0.15) is 5.26 Å². The van der Waals surface area contributed by atoms with Gasteiger partial charge in [0.2, 0.25) is 0 Å². The number of nitrogens with zero attached hydrogens (tertiary/aromatic N) is 1. The Labute approximate surface area is 127 Å². The van der Waals surface area contributed by atoms with E-state index in [1.54, 1.807) is 12.1 Å². The standard InChI is InChI=1S/C17H13ClFNO/c18-14-9-12(5-6-15(14)19)10-17(11-20)7-8-21-16-4-2-1-3-13(16)17/h1-6,9H,7-8,10H2. The van der Waals surface area contributed by atoms with Crippen LogP contribution in [0, 0.1) is 17.1 Å². The van der Waals surface area contributed by atoms with Crippen LogP contribution in [0.4, 0.5) is 4.39 Å². The Morgan fingerprint density at radius 1 is 1.29 bits per heavy atom. The van der Waals surface area contributed by atoms with Crippen LogP contribution < -0.4 is 4.74 Å². The molecule has 2 nitrogen and oxygen atoms in total. The molecule has 0 fully saturated rings. The summed E-state index contributed by atoms with van der Waals surface area (Å²) in [4.78, 5) is 0. The monoisotopic (exact) mass is 301 g/mol. The topological polar surface area (TPSA) is 33.0 Å². The van der Waals surface area contributed by atoms with Gasteiger partial charge in [-0.15, -0.1) is 0 Å². The van der Waals surface area contributed by atoms with Crippen molar-refractivity contribution in [3.05, 3.63) is 64.4 Å². The van der Waals surface area contributed by atoms with Crippen molar-refractivity contribution < 1.29 is 9.13 Å². The van der Waals surface area contributed by atoms with Gasteiger partial charge in [-0.3, -0.25) is 0 Å². The summed E-state index contributed by atoms with van der Waals surface area (Å²) in [6.07, 6.45) is 1.10. The lowest BCUT2D eigenvalue weighted by Crippen LogP contribution is -2.33. The average molecular weight is 302 g/mol. The maximum atomic E-state index is 13.3. The molecule has 106 valence electrons. The lowest BCUT2D eigenvalue weighted by Gasteiger charge is -2.33. The van der Waals surface area contributed by atoms with Gasteiger partial charge in [-0.05, 0) is 30.2 Å². The highest BCUT2D eigenvalue weighted by Gasteiger charge is 2.38. The Balaban J connectivity index is 2.02. The quantitative estimate of drug-likeness (QED) is 0.830. The van der Waals surface area contributed by atoms with Crippen LogP contribution in [0.1, 0.15) is 17.5 Å². The number of halogens is 2. The number of ether oxygens (including phenoxy) is 1. The first-order valence-corrected chi connectivity index (χ1v) is 7.10. The number of hydrogen-bond donors (Lipinski definition) is 0. The van der Waals surface area contributed by atoms with E-state index in [4.69, 9.17) is 16.3 Å². The SMILES string of the molecule is N#CC1(Cc2ccc(F)c(Cl)c2)CCOc2ccccc21. The van der Waals surface area contributed by atoms with Crippen molar-refractivity contribution in [3.8, 4) is 11.8 Å². The second-order valence-corrected chi connectivity index (χ2v) is 5.62. The Morgan fingerprint density at radius 2 is 2.10 bits per heavy atom. The first-order chi connectivity index (χ1) is 10.1. The molecule has 4 heteroatoms. The number of hydrogen-bond acceptors (Lipinski definition) is 2. The number of rotatable bonds is 2. The Bertz CT molecular complexity index is 725. The molecule has 3 rings (SSSR count). The van der Waals surface area contributed by atoms with Gasteiger partial charge in [-0.25, -0.2) is 4.39 Å². The maximum Gasteiger partial charge on any atom is 0.141 e. The van der Waals surface area contributed by atoms with E-state index < -0.39 is 11.2 Å². The van der Waals surface area contributed by atoms with Crippen LogP contribution in [0.2, 0.25) is 5.02 Å². The largest absolute Gasteiger partial charge is 0.493 e. The van der Waals surface area contributed by atoms with Crippen LogP contribution in [0.3, 0.4) is 0 Å². The molecule has 2 aromatic rings. The lowest BCUT2D eigenvalue weighted by molar-refractivity contribution is 0.241. The predicted molar refractivity (Wildman–Crippen MR) is 79.0 cm³/mol. The molecule has 0 N–H and O–H groups in total. The zero-order valence-electron chi connectivity index (χ0n) is 11.3. The third-order valence-electron chi connectivity index (χ3n) is 3.89. The Kier molecular flexibility index (Phi) is 3.57. The first-order valence-electron chi connectivity index (χ1n) is 6.72. The lowest BCUT2D eigenvalue weighted by atomic mass is 9.73. The van der Waals surface area contributed by atoms with Gasteiger partial charge in [0, 0.05) is 12.0 Å². The molecule has 2 aromatic carbocycles. The zero-order chi connectivity index (χ0) is 14.9. The fourth-order valence-corrected chi connectivity index (χ4v) is 3.00. The molecule has 0 saturated heterocycles. The Hall–Kier alpha value is -2.05. The molecule has 1 atom stereocenters. The van der Waals surface area contributed by atoms with Gasteiger partial charge in [-0.1, -0.05) is 35.9 Å². The van der Waals surface area contributed by atoms with Crippen molar-refractivity contribution in [2.45, 2.75) is 18.3 Å². The fourth-order valence-electron chi connectivity index (χ4n) is 2.80. The summed E-state index contributed by atoms with van der Waals surface area (Å²) in [6, 6.07) is 14.6. The molecule has 0 aromatic heterocycles. The van der Waals surface area contributed by atoms with Gasteiger partial charge in [0.15, 0.2) is 0 Å². The molecule has 0 bridgehead atoms. The van der Waals surface area contributed by atoms with E-state index in [2.05, 4.69) is 6.07 Å². The third kappa shape index (κ3) is 2.48. The molecule has 0 aliphatic carbocycles. The number of para-hydroxylation sites is 1. The molecular weight excluding hydrogens is 289 g/mol. The minimum absolute atomic E-state index is 0.0842. The van der Waals surface area contributed by atoms with E-state index in [0.717, 1.165) is 16.9 Å². The van der Waals surface area contributed by atoms with Gasteiger partial charge < -0.3 is 4.74 Å². The van der Waals surface area contributed by atoms with Gasteiger partial charge in [0.1, 0.15) is 11.6 Å². The summed E-state index contributed by atoms with van der Waals surface area (Å²) in [5.41, 5.74) is 1.08. The molecule has 0 radical (unpaired) electrons. The molecular formula is C17H13ClFNO. The van der Waals surface area contributed by atoms with Crippen molar-refractivity contribution >= 4 is 11.6 Å². The van der Waals surface area contributed by atoms with Crippen LogP contribution in [-0.4, -0.2) is 6.61 Å². The zero-order valence-corrected chi connectivity index (χ0v) is 12.0. The first kappa shape index (κ1) is 13.9. The molecule has 1 aliphatic rings. The summed E-state index contributed by atoms with van der Waals surface area (Å²) in [6.45, 7) is 0.500. The van der Waals surface area contributed by atoms with Crippen LogP contribution in [-0.2, 0) is 11.8 Å². The van der Waals surface area contributed by atoms with Crippen molar-refractivity contribution in [2.75, 3.05) is 6.61 Å². The highest BCUT2D eigenvalue weighted by molar-refractivity contribution is 6.30. The van der Waals surface area contributed by atoms with Gasteiger partial charge in [0.05, 0.1) is 23.1 Å². The van der Waals surface area contributed by atoms with Crippen molar-refractivity contribution in [2.24, 2.45) is 0 Å². The smallest absolute Gasteiger partial charge is 0.141 e. The van der Waals surface area contributed by atoms with Crippen LogP contribution in [0.25, 0.3) is 0 Å². The van der Waals surface area contributed by atoms with E-state index in [0.29, 0.717) is 19.4 Å². The van der Waals surface area contributed by atoms with E-state index in [9.17, 15) is 9.65 Å². The molecule has 1 heterocycles. The van der Waals surface area contributed by atoms with E-state index in [1.165, 1.54) is 6.07 Å². The molecule has 1 aliphatic heterocycles. The highest BCUT2D eigenvalue weighted by Crippen LogP contribution is 2.41. The van der Waals surface area contributed by atoms with E-state index >= 15 is 0 Å². The second kappa shape index (κ2) is 5.38. The summed E-state index contributed by atoms with van der Waals surface area (Å²) in [5, 5.41) is 9.85. The Morgan fingerprint density at radius 3 is 2.86 bits per heavy atom. The van der Waals surface area contributed by atoms with Crippen LogP contribution in [0.5, 0.6) is 5.75 Å². The van der Waals surface area contributed by atoms with Crippen LogP contribution >= 0.6 is 11.6 Å². The van der Waals surface area contributed by atoms with Crippen molar-refractivity contribution in [1.29, 1.82) is 5.26 Å². The van der Waals surface area contributed by atoms with Gasteiger partial charge >= 0.3 is 0 Å². The molecule has 1 unspecified atom stereocenters. The molecule has 0 amide bonds. The average Bonchev–Trinajstić information content (AvgIpc) is 2.51. The third-order valence-corrected chi connectivity index (χ3v) is 4.18. The number of nitriles is 1.